The van der Waals surface area contributed by atoms with Gasteiger partial charge in [-0.25, -0.2) is 4.39 Å². The lowest BCUT2D eigenvalue weighted by Crippen LogP contribution is -2.46. The highest BCUT2D eigenvalue weighted by atomic mass is 19.1. The normalized spacial score (nSPS) is 19.8. The van der Waals surface area contributed by atoms with Crippen molar-refractivity contribution >= 4 is 17.3 Å². The third-order valence-corrected chi connectivity index (χ3v) is 2.58. The maximum Gasteiger partial charge on any atom is 0.249 e. The van der Waals surface area contributed by atoms with E-state index in [9.17, 15) is 9.18 Å². The van der Waals surface area contributed by atoms with Gasteiger partial charge in [0, 0.05) is 6.54 Å². The number of anilines is 2. The second-order valence-corrected chi connectivity index (χ2v) is 3.58. The molecule has 1 aliphatic rings. The Morgan fingerprint density at radius 3 is 2.93 bits per heavy atom. The van der Waals surface area contributed by atoms with Crippen LogP contribution in [0.2, 0.25) is 0 Å². The highest BCUT2D eigenvalue weighted by Crippen LogP contribution is 2.33. The van der Waals surface area contributed by atoms with Crippen molar-refractivity contribution in [2.75, 3.05) is 16.8 Å². The maximum atomic E-state index is 13.6. The molecule has 0 aromatic heterocycles. The molecule has 1 N–H and O–H groups in total. The first-order chi connectivity index (χ1) is 7.15. The Labute approximate surface area is 87.9 Å². The van der Waals surface area contributed by atoms with Crippen LogP contribution in [0.1, 0.15) is 13.8 Å². The molecule has 1 unspecified atom stereocenters. The number of nitrogens with one attached hydrogen (secondary N) is 1. The lowest BCUT2D eigenvalue weighted by molar-refractivity contribution is -0.119. The van der Waals surface area contributed by atoms with E-state index in [2.05, 4.69) is 5.32 Å². The lowest BCUT2D eigenvalue weighted by Gasteiger charge is -2.33. The molecule has 1 atom stereocenters. The summed E-state index contributed by atoms with van der Waals surface area (Å²) in [7, 11) is 0. The standard InChI is InChI=1S/C11H13FN2O/c1-3-14-10-8(12)5-4-6-9(10)13-7(2)11(14)15/h4-7,13H,3H2,1-2H3. The average molecular weight is 208 g/mol. The summed E-state index contributed by atoms with van der Waals surface area (Å²) in [6, 6.07) is 4.49. The van der Waals surface area contributed by atoms with Crippen molar-refractivity contribution in [2.24, 2.45) is 0 Å². The molecule has 0 saturated heterocycles. The molecule has 0 spiro atoms. The van der Waals surface area contributed by atoms with Crippen molar-refractivity contribution in [3.05, 3.63) is 24.0 Å². The molecule has 4 heteroatoms. The average Bonchev–Trinajstić information content (AvgIpc) is 2.21. The fraction of sp³-hybridized carbons (Fsp3) is 0.364. The highest BCUT2D eigenvalue weighted by molar-refractivity contribution is 6.04. The number of nitrogens with zero attached hydrogens (tertiary/aromatic N) is 1. The van der Waals surface area contributed by atoms with Crippen molar-refractivity contribution in [2.45, 2.75) is 19.9 Å². The Kier molecular flexibility index (Phi) is 2.34. The van der Waals surface area contributed by atoms with E-state index < -0.39 is 0 Å². The number of amides is 1. The molecule has 1 aromatic rings. The van der Waals surface area contributed by atoms with Crippen LogP contribution in [-0.4, -0.2) is 18.5 Å². The Bertz CT molecular complexity index is 406. The summed E-state index contributed by atoms with van der Waals surface area (Å²) in [5.41, 5.74) is 1.05. The summed E-state index contributed by atoms with van der Waals surface area (Å²) in [5.74, 6) is -0.447. The SMILES string of the molecule is CCN1C(=O)C(C)Nc2cccc(F)c21. The quantitative estimate of drug-likeness (QED) is 0.765. The van der Waals surface area contributed by atoms with E-state index in [0.29, 0.717) is 17.9 Å². The molecule has 2 rings (SSSR count). The van der Waals surface area contributed by atoms with E-state index in [4.69, 9.17) is 0 Å². The molecule has 1 amide bonds. The van der Waals surface area contributed by atoms with E-state index in [1.165, 1.54) is 11.0 Å². The van der Waals surface area contributed by atoms with Crippen molar-refractivity contribution in [1.82, 2.24) is 0 Å². The predicted molar refractivity (Wildman–Crippen MR) is 57.5 cm³/mol. The molecule has 0 aliphatic carbocycles. The summed E-state index contributed by atoms with van der Waals surface area (Å²) < 4.78 is 13.6. The van der Waals surface area contributed by atoms with Gasteiger partial charge in [0.05, 0.1) is 5.69 Å². The van der Waals surface area contributed by atoms with E-state index in [1.54, 1.807) is 19.1 Å². The topological polar surface area (TPSA) is 32.3 Å². The summed E-state index contributed by atoms with van der Waals surface area (Å²) in [6.07, 6.45) is 0. The van der Waals surface area contributed by atoms with Gasteiger partial charge < -0.3 is 10.2 Å². The van der Waals surface area contributed by atoms with Gasteiger partial charge in [-0.1, -0.05) is 6.07 Å². The van der Waals surface area contributed by atoms with Crippen molar-refractivity contribution < 1.29 is 9.18 Å². The maximum absolute atomic E-state index is 13.6. The second kappa shape index (κ2) is 3.53. The summed E-state index contributed by atoms with van der Waals surface area (Å²) in [6.45, 7) is 4.10. The molecule has 1 aliphatic heterocycles. The van der Waals surface area contributed by atoms with Crippen LogP contribution < -0.4 is 10.2 Å². The molecule has 1 heterocycles. The number of halogens is 1. The molecular formula is C11H13FN2O. The zero-order valence-corrected chi connectivity index (χ0v) is 8.75. The molecular weight excluding hydrogens is 195 g/mol. The zero-order chi connectivity index (χ0) is 11.0. The van der Waals surface area contributed by atoms with Crippen LogP contribution in [0, 0.1) is 5.82 Å². The van der Waals surface area contributed by atoms with Crippen molar-refractivity contribution in [3.63, 3.8) is 0 Å². The lowest BCUT2D eigenvalue weighted by atomic mass is 10.1. The van der Waals surface area contributed by atoms with Crippen LogP contribution in [0.25, 0.3) is 0 Å². The monoisotopic (exact) mass is 208 g/mol. The fourth-order valence-electron chi connectivity index (χ4n) is 1.86. The van der Waals surface area contributed by atoms with Gasteiger partial charge in [-0.3, -0.25) is 4.79 Å². The van der Waals surface area contributed by atoms with Crippen LogP contribution in [0.5, 0.6) is 0 Å². The van der Waals surface area contributed by atoms with E-state index in [-0.39, 0.29) is 17.8 Å². The first kappa shape index (κ1) is 9.96. The number of rotatable bonds is 1. The minimum atomic E-state index is -0.359. The van der Waals surface area contributed by atoms with E-state index in [1.807, 2.05) is 6.92 Å². The van der Waals surface area contributed by atoms with Gasteiger partial charge >= 0.3 is 0 Å². The van der Waals surface area contributed by atoms with Crippen LogP contribution in [0.4, 0.5) is 15.8 Å². The van der Waals surface area contributed by atoms with Crippen LogP contribution in [-0.2, 0) is 4.79 Å². The number of carbonyl (C=O) groups is 1. The van der Waals surface area contributed by atoms with Crippen molar-refractivity contribution in [3.8, 4) is 0 Å². The molecule has 80 valence electrons. The van der Waals surface area contributed by atoms with Gasteiger partial charge in [0.1, 0.15) is 17.5 Å². The minimum Gasteiger partial charge on any atom is -0.372 e. The second-order valence-electron chi connectivity index (χ2n) is 3.58. The molecule has 0 saturated carbocycles. The molecule has 15 heavy (non-hydrogen) atoms. The van der Waals surface area contributed by atoms with E-state index in [0.717, 1.165) is 0 Å². The zero-order valence-electron chi connectivity index (χ0n) is 8.75. The largest absolute Gasteiger partial charge is 0.372 e. The first-order valence-corrected chi connectivity index (χ1v) is 5.01. The van der Waals surface area contributed by atoms with Crippen LogP contribution >= 0.6 is 0 Å². The number of hydrogen-bond acceptors (Lipinski definition) is 2. The Morgan fingerprint density at radius 1 is 1.53 bits per heavy atom. The summed E-state index contributed by atoms with van der Waals surface area (Å²) in [5, 5.41) is 2.98. The Balaban J connectivity index is 2.56. The number of likely N-dealkylation sites (N-methyl/N-ethyl adjacent to an activating group) is 1. The van der Waals surface area contributed by atoms with Gasteiger partial charge in [-0.05, 0) is 26.0 Å². The molecule has 0 bridgehead atoms. The van der Waals surface area contributed by atoms with Crippen molar-refractivity contribution in [1.29, 1.82) is 0 Å². The van der Waals surface area contributed by atoms with Crippen LogP contribution in [0.3, 0.4) is 0 Å². The Morgan fingerprint density at radius 2 is 2.27 bits per heavy atom. The van der Waals surface area contributed by atoms with Gasteiger partial charge in [0.15, 0.2) is 0 Å². The first-order valence-electron chi connectivity index (χ1n) is 5.01. The highest BCUT2D eigenvalue weighted by Gasteiger charge is 2.30. The van der Waals surface area contributed by atoms with Crippen LogP contribution in [0.15, 0.2) is 18.2 Å². The van der Waals surface area contributed by atoms with Gasteiger partial charge in [-0.15, -0.1) is 0 Å². The third kappa shape index (κ3) is 1.46. The minimum absolute atomic E-state index is 0.0879. The number of para-hydroxylation sites is 1. The smallest absolute Gasteiger partial charge is 0.249 e. The van der Waals surface area contributed by atoms with Gasteiger partial charge in [-0.2, -0.15) is 0 Å². The third-order valence-electron chi connectivity index (χ3n) is 2.58. The number of carbonyl (C=O) groups excluding carboxylic acids is 1. The number of hydrogen-bond donors (Lipinski definition) is 1. The number of fused-ring (bicyclic) bond motifs is 1. The molecule has 3 nitrogen and oxygen atoms in total. The van der Waals surface area contributed by atoms with Gasteiger partial charge in [0.25, 0.3) is 0 Å². The van der Waals surface area contributed by atoms with Gasteiger partial charge in [0.2, 0.25) is 5.91 Å². The van der Waals surface area contributed by atoms with E-state index >= 15 is 0 Å². The number of benzene rings is 1. The fourth-order valence-corrected chi connectivity index (χ4v) is 1.86. The molecule has 1 aromatic carbocycles. The molecule has 0 radical (unpaired) electrons. The Hall–Kier alpha value is -1.58. The summed E-state index contributed by atoms with van der Waals surface area (Å²) >= 11 is 0. The summed E-state index contributed by atoms with van der Waals surface area (Å²) in [4.78, 5) is 13.2. The predicted octanol–water partition coefficient (Wildman–Crippen LogP) is 1.99. The molecule has 0 fully saturated rings.